The Morgan fingerprint density at radius 2 is 1.79 bits per heavy atom. The van der Waals surface area contributed by atoms with Crippen LogP contribution in [0.25, 0.3) is 11.3 Å². The average molecular weight is 462 g/mol. The molecular formula is C23H22F4N4O2. The Morgan fingerprint density at radius 3 is 2.36 bits per heavy atom. The fraction of sp³-hybridized carbons (Fsp3) is 0.304. The number of hydrogen-bond acceptors (Lipinski definition) is 4. The Balaban J connectivity index is 1.29. The topological polar surface area (TPSA) is 61.6 Å². The maximum atomic E-state index is 14.6. The molecule has 1 saturated heterocycles. The molecule has 0 aliphatic carbocycles. The molecule has 0 radical (unpaired) electrons. The highest BCUT2D eigenvalue weighted by atomic mass is 19.4. The van der Waals surface area contributed by atoms with Crippen molar-refractivity contribution in [3.63, 3.8) is 0 Å². The maximum Gasteiger partial charge on any atom is 0.416 e. The first-order chi connectivity index (χ1) is 15.7. The number of nitrogens with zero attached hydrogens (tertiary/aromatic N) is 3. The molecule has 1 aliphatic rings. The molecule has 3 aromatic rings. The van der Waals surface area contributed by atoms with Crippen molar-refractivity contribution in [3.8, 4) is 11.3 Å². The first-order valence-electron chi connectivity index (χ1n) is 10.4. The number of carbonyl (C=O) groups is 1. The number of anilines is 1. The number of urea groups is 1. The number of halogens is 4. The van der Waals surface area contributed by atoms with Crippen molar-refractivity contribution in [3.05, 3.63) is 71.5 Å². The number of aryl methyl sites for hydroxylation is 1. The molecule has 0 unspecified atom stereocenters. The quantitative estimate of drug-likeness (QED) is 0.564. The van der Waals surface area contributed by atoms with Crippen molar-refractivity contribution in [2.45, 2.75) is 19.6 Å². The SMILES string of the molecule is Cc1ncc(-c2ccc(N3CCN(C(=O)NCc4ccc(C(F)(F)F)cc4)CC3)cc2F)o1. The van der Waals surface area contributed by atoms with Gasteiger partial charge < -0.3 is 19.5 Å². The number of carbonyl (C=O) groups excluding carboxylic acids is 1. The Kier molecular flexibility index (Phi) is 6.26. The summed E-state index contributed by atoms with van der Waals surface area (Å²) < 4.78 is 57.9. The van der Waals surface area contributed by atoms with Gasteiger partial charge in [0.15, 0.2) is 11.7 Å². The molecule has 1 aliphatic heterocycles. The van der Waals surface area contributed by atoms with Crippen LogP contribution in [0.2, 0.25) is 0 Å². The maximum absolute atomic E-state index is 14.6. The lowest BCUT2D eigenvalue weighted by molar-refractivity contribution is -0.137. The van der Waals surface area contributed by atoms with Crippen LogP contribution in [0.5, 0.6) is 0 Å². The third-order valence-electron chi connectivity index (χ3n) is 5.50. The van der Waals surface area contributed by atoms with Gasteiger partial charge in [0.2, 0.25) is 0 Å². The molecule has 174 valence electrons. The van der Waals surface area contributed by atoms with E-state index in [0.29, 0.717) is 54.6 Å². The van der Waals surface area contributed by atoms with Gasteiger partial charge in [-0.25, -0.2) is 14.2 Å². The first-order valence-corrected chi connectivity index (χ1v) is 10.4. The van der Waals surface area contributed by atoms with Crippen LogP contribution in [0.4, 0.5) is 28.0 Å². The number of benzene rings is 2. The predicted octanol–water partition coefficient (Wildman–Crippen LogP) is 4.84. The number of rotatable bonds is 4. The number of amides is 2. The van der Waals surface area contributed by atoms with Crippen LogP contribution in [0.15, 0.2) is 53.1 Å². The van der Waals surface area contributed by atoms with Crippen molar-refractivity contribution in [2.75, 3.05) is 31.1 Å². The zero-order valence-corrected chi connectivity index (χ0v) is 17.8. The lowest BCUT2D eigenvalue weighted by atomic mass is 10.1. The Morgan fingerprint density at radius 1 is 1.09 bits per heavy atom. The normalized spacial score (nSPS) is 14.5. The first kappa shape index (κ1) is 22.6. The summed E-state index contributed by atoms with van der Waals surface area (Å²) in [5.74, 6) is 0.410. The van der Waals surface area contributed by atoms with E-state index in [9.17, 15) is 22.4 Å². The van der Waals surface area contributed by atoms with E-state index < -0.39 is 17.6 Å². The van der Waals surface area contributed by atoms with E-state index in [1.807, 2.05) is 4.90 Å². The minimum atomic E-state index is -4.39. The summed E-state index contributed by atoms with van der Waals surface area (Å²) >= 11 is 0. The van der Waals surface area contributed by atoms with Gasteiger partial charge in [-0.1, -0.05) is 12.1 Å². The van der Waals surface area contributed by atoms with Crippen LogP contribution in [-0.2, 0) is 12.7 Å². The van der Waals surface area contributed by atoms with Gasteiger partial charge in [-0.2, -0.15) is 13.2 Å². The zero-order chi connectivity index (χ0) is 23.6. The third-order valence-corrected chi connectivity index (χ3v) is 5.50. The van der Waals surface area contributed by atoms with Crippen LogP contribution < -0.4 is 10.2 Å². The fourth-order valence-corrected chi connectivity index (χ4v) is 3.66. The van der Waals surface area contributed by atoms with E-state index >= 15 is 0 Å². The summed E-state index contributed by atoms with van der Waals surface area (Å²) in [7, 11) is 0. The van der Waals surface area contributed by atoms with E-state index in [-0.39, 0.29) is 12.6 Å². The van der Waals surface area contributed by atoms with E-state index in [1.165, 1.54) is 24.4 Å². The van der Waals surface area contributed by atoms with Crippen LogP contribution in [0, 0.1) is 12.7 Å². The molecule has 1 N–H and O–H groups in total. The number of aromatic nitrogens is 1. The van der Waals surface area contributed by atoms with E-state index in [4.69, 9.17) is 4.42 Å². The minimum Gasteiger partial charge on any atom is -0.441 e. The molecule has 2 aromatic carbocycles. The molecule has 4 rings (SSSR count). The standard InChI is InChI=1S/C23H22F4N4O2/c1-15-28-14-21(33-15)19-7-6-18(12-20(19)24)30-8-10-31(11-9-30)22(32)29-13-16-2-4-17(5-3-16)23(25,26)27/h2-7,12,14H,8-11,13H2,1H3,(H,29,32). The summed E-state index contributed by atoms with van der Waals surface area (Å²) in [5, 5.41) is 2.73. The molecule has 0 spiro atoms. The highest BCUT2D eigenvalue weighted by molar-refractivity contribution is 5.74. The monoisotopic (exact) mass is 462 g/mol. The number of hydrogen-bond donors (Lipinski definition) is 1. The molecule has 0 saturated carbocycles. The van der Waals surface area contributed by atoms with Crippen molar-refractivity contribution >= 4 is 11.7 Å². The zero-order valence-electron chi connectivity index (χ0n) is 17.8. The molecule has 0 bridgehead atoms. The lowest BCUT2D eigenvalue weighted by Gasteiger charge is -2.36. The van der Waals surface area contributed by atoms with Crippen LogP contribution in [-0.4, -0.2) is 42.1 Å². The minimum absolute atomic E-state index is 0.130. The molecule has 6 nitrogen and oxygen atoms in total. The molecular weight excluding hydrogens is 440 g/mol. The highest BCUT2D eigenvalue weighted by Crippen LogP contribution is 2.29. The second-order valence-corrected chi connectivity index (χ2v) is 7.74. The van der Waals surface area contributed by atoms with Gasteiger partial charge in [0.1, 0.15) is 5.82 Å². The Hall–Kier alpha value is -3.56. The number of piperazine rings is 1. The molecule has 10 heteroatoms. The Labute approximate surface area is 187 Å². The Bertz CT molecular complexity index is 1120. The van der Waals surface area contributed by atoms with Gasteiger partial charge in [0.05, 0.1) is 17.3 Å². The summed E-state index contributed by atoms with van der Waals surface area (Å²) in [6.07, 6.45) is -2.91. The molecule has 0 atom stereocenters. The van der Waals surface area contributed by atoms with Crippen LogP contribution >= 0.6 is 0 Å². The summed E-state index contributed by atoms with van der Waals surface area (Å²) in [5.41, 5.74) is 0.888. The second-order valence-electron chi connectivity index (χ2n) is 7.74. The van der Waals surface area contributed by atoms with Gasteiger partial charge in [0.25, 0.3) is 0 Å². The number of nitrogens with one attached hydrogen (secondary N) is 1. The smallest absolute Gasteiger partial charge is 0.416 e. The highest BCUT2D eigenvalue weighted by Gasteiger charge is 2.30. The van der Waals surface area contributed by atoms with E-state index in [1.54, 1.807) is 24.0 Å². The van der Waals surface area contributed by atoms with E-state index in [0.717, 1.165) is 12.1 Å². The van der Waals surface area contributed by atoms with Crippen molar-refractivity contribution in [2.24, 2.45) is 0 Å². The van der Waals surface area contributed by atoms with E-state index in [2.05, 4.69) is 10.3 Å². The fourth-order valence-electron chi connectivity index (χ4n) is 3.66. The molecule has 2 amide bonds. The van der Waals surface area contributed by atoms with Crippen molar-refractivity contribution in [1.82, 2.24) is 15.2 Å². The summed E-state index contributed by atoms with van der Waals surface area (Å²) in [4.78, 5) is 20.0. The van der Waals surface area contributed by atoms with Gasteiger partial charge in [-0.3, -0.25) is 0 Å². The molecule has 33 heavy (non-hydrogen) atoms. The molecule has 2 heterocycles. The van der Waals surface area contributed by atoms with Gasteiger partial charge in [-0.05, 0) is 35.9 Å². The summed E-state index contributed by atoms with van der Waals surface area (Å²) in [6, 6.07) is 9.27. The van der Waals surface area contributed by atoms with Crippen molar-refractivity contribution < 1.29 is 26.8 Å². The molecule has 1 aromatic heterocycles. The number of alkyl halides is 3. The van der Waals surface area contributed by atoms with Crippen LogP contribution in [0.3, 0.4) is 0 Å². The lowest BCUT2D eigenvalue weighted by Crippen LogP contribution is -2.51. The van der Waals surface area contributed by atoms with Crippen LogP contribution in [0.1, 0.15) is 17.0 Å². The number of oxazole rings is 1. The van der Waals surface area contributed by atoms with Gasteiger partial charge in [0, 0.05) is 45.3 Å². The third kappa shape index (κ3) is 5.27. The average Bonchev–Trinajstić information content (AvgIpc) is 3.23. The van der Waals surface area contributed by atoms with Gasteiger partial charge in [-0.15, -0.1) is 0 Å². The van der Waals surface area contributed by atoms with Gasteiger partial charge >= 0.3 is 12.2 Å². The molecule has 1 fully saturated rings. The largest absolute Gasteiger partial charge is 0.441 e. The predicted molar refractivity (Wildman–Crippen MR) is 114 cm³/mol. The summed E-state index contributed by atoms with van der Waals surface area (Å²) in [6.45, 7) is 3.73. The van der Waals surface area contributed by atoms with Crippen molar-refractivity contribution in [1.29, 1.82) is 0 Å². The second kappa shape index (κ2) is 9.13.